The summed E-state index contributed by atoms with van der Waals surface area (Å²) in [6.45, 7) is 5.45. The quantitative estimate of drug-likeness (QED) is 0.528. The SMILES string of the molecule is Cc1cnn2cc(-c3ccc(N4CCN(S(C)(=O)=O)CC4)cc3)nc(OCC[C@H]3CNC(=O)C3)c12. The molecule has 3 aromatic rings. The topological polar surface area (TPSA) is 109 Å². The molecule has 5 rings (SSSR count). The van der Waals surface area contributed by atoms with Gasteiger partial charge in [-0.05, 0) is 31.4 Å². The largest absolute Gasteiger partial charge is 0.476 e. The molecule has 0 aliphatic carbocycles. The second kappa shape index (κ2) is 9.46. The third-order valence-corrected chi connectivity index (χ3v) is 8.01. The molecule has 1 amide bonds. The van der Waals surface area contributed by atoms with E-state index in [1.807, 2.05) is 37.4 Å². The Bertz CT molecular complexity index is 1330. The monoisotopic (exact) mass is 498 g/mol. The molecule has 0 unspecified atom stereocenters. The number of rotatable bonds is 7. The van der Waals surface area contributed by atoms with E-state index in [0.717, 1.165) is 34.4 Å². The minimum absolute atomic E-state index is 0.102. The summed E-state index contributed by atoms with van der Waals surface area (Å²) in [7, 11) is -3.15. The number of carbonyl (C=O) groups is 1. The molecule has 2 aliphatic heterocycles. The molecule has 0 bridgehead atoms. The number of amides is 1. The number of hydrogen-bond acceptors (Lipinski definition) is 7. The molecule has 10 nitrogen and oxygen atoms in total. The Balaban J connectivity index is 1.31. The first kappa shape index (κ1) is 23.6. The van der Waals surface area contributed by atoms with Crippen molar-refractivity contribution in [2.75, 3.05) is 50.5 Å². The number of benzene rings is 1. The van der Waals surface area contributed by atoms with E-state index in [1.54, 1.807) is 10.7 Å². The minimum atomic E-state index is -3.15. The van der Waals surface area contributed by atoms with E-state index < -0.39 is 10.0 Å². The van der Waals surface area contributed by atoms with Gasteiger partial charge in [-0.15, -0.1) is 0 Å². The number of aromatic nitrogens is 3. The highest BCUT2D eigenvalue weighted by molar-refractivity contribution is 7.88. The van der Waals surface area contributed by atoms with Crippen LogP contribution in [0, 0.1) is 12.8 Å². The van der Waals surface area contributed by atoms with Gasteiger partial charge in [0.25, 0.3) is 0 Å². The van der Waals surface area contributed by atoms with Gasteiger partial charge >= 0.3 is 0 Å². The van der Waals surface area contributed by atoms with E-state index in [2.05, 4.69) is 15.3 Å². The van der Waals surface area contributed by atoms with Crippen molar-refractivity contribution in [1.82, 2.24) is 24.2 Å². The van der Waals surface area contributed by atoms with E-state index in [0.29, 0.717) is 57.5 Å². The Morgan fingerprint density at radius 1 is 1.14 bits per heavy atom. The first-order valence-corrected chi connectivity index (χ1v) is 13.7. The summed E-state index contributed by atoms with van der Waals surface area (Å²) in [5, 5.41) is 7.32. The highest BCUT2D eigenvalue weighted by Gasteiger charge is 2.24. The standard InChI is InChI=1S/C24H30N6O4S/c1-17-14-26-30-16-21(27-24(23(17)30)34-12-7-18-13-22(31)25-15-18)19-3-5-20(6-4-19)28-8-10-29(11-9-28)35(2,32)33/h3-6,14,16,18H,7-13,15H2,1-2H3,(H,25,31)/t18-/m1/s1. The zero-order chi connectivity index (χ0) is 24.6. The smallest absolute Gasteiger partial charge is 0.240 e. The van der Waals surface area contributed by atoms with E-state index in [9.17, 15) is 13.2 Å². The minimum Gasteiger partial charge on any atom is -0.476 e. The zero-order valence-corrected chi connectivity index (χ0v) is 20.8. The Hall–Kier alpha value is -3.18. The third kappa shape index (κ3) is 5.10. The summed E-state index contributed by atoms with van der Waals surface area (Å²) >= 11 is 0. The van der Waals surface area contributed by atoms with Crippen molar-refractivity contribution in [2.45, 2.75) is 19.8 Å². The van der Waals surface area contributed by atoms with Gasteiger partial charge in [-0.2, -0.15) is 9.40 Å². The Labute approximate surface area is 204 Å². The number of ether oxygens (including phenoxy) is 1. The van der Waals surface area contributed by atoms with Crippen LogP contribution in [0.2, 0.25) is 0 Å². The second-order valence-electron chi connectivity index (χ2n) is 9.26. The summed E-state index contributed by atoms with van der Waals surface area (Å²) in [5.41, 5.74) is 4.57. The van der Waals surface area contributed by atoms with Crippen LogP contribution in [0.15, 0.2) is 36.7 Å². The molecule has 2 aromatic heterocycles. The molecule has 0 saturated carbocycles. The number of carbonyl (C=O) groups excluding carboxylic acids is 1. The van der Waals surface area contributed by atoms with Gasteiger partial charge in [-0.3, -0.25) is 4.79 Å². The molecule has 11 heteroatoms. The summed E-state index contributed by atoms with van der Waals surface area (Å²) in [6, 6.07) is 8.11. The third-order valence-electron chi connectivity index (χ3n) is 6.71. The zero-order valence-electron chi connectivity index (χ0n) is 20.0. The van der Waals surface area contributed by atoms with E-state index in [1.165, 1.54) is 10.6 Å². The van der Waals surface area contributed by atoms with Gasteiger partial charge in [-0.25, -0.2) is 17.9 Å². The molecule has 2 fully saturated rings. The van der Waals surface area contributed by atoms with Gasteiger partial charge in [-0.1, -0.05) is 12.1 Å². The molecule has 4 heterocycles. The van der Waals surface area contributed by atoms with Crippen LogP contribution < -0.4 is 15.0 Å². The normalized spacial score (nSPS) is 19.3. The fraction of sp³-hybridized carbons (Fsp3) is 0.458. The number of anilines is 1. The highest BCUT2D eigenvalue weighted by Crippen LogP contribution is 2.28. The summed E-state index contributed by atoms with van der Waals surface area (Å²) in [6.07, 6.45) is 6.28. The number of nitrogens with zero attached hydrogens (tertiary/aromatic N) is 5. The molecule has 1 aromatic carbocycles. The van der Waals surface area contributed by atoms with E-state index in [4.69, 9.17) is 9.72 Å². The first-order valence-electron chi connectivity index (χ1n) is 11.8. The number of piperazine rings is 1. The number of aryl methyl sites for hydroxylation is 1. The number of sulfonamides is 1. The van der Waals surface area contributed by atoms with Crippen LogP contribution in [-0.4, -0.2) is 78.8 Å². The van der Waals surface area contributed by atoms with Crippen LogP contribution in [0.1, 0.15) is 18.4 Å². The number of hydrogen-bond donors (Lipinski definition) is 1. The molecule has 2 aliphatic rings. The average molecular weight is 499 g/mol. The molecule has 0 spiro atoms. The lowest BCUT2D eigenvalue weighted by molar-refractivity contribution is -0.119. The van der Waals surface area contributed by atoms with Crippen LogP contribution in [-0.2, 0) is 14.8 Å². The van der Waals surface area contributed by atoms with Crippen LogP contribution in [0.5, 0.6) is 5.88 Å². The van der Waals surface area contributed by atoms with Crippen LogP contribution in [0.4, 0.5) is 5.69 Å². The van der Waals surface area contributed by atoms with Crippen molar-refractivity contribution in [2.24, 2.45) is 5.92 Å². The summed E-state index contributed by atoms with van der Waals surface area (Å²) in [4.78, 5) is 18.4. The Morgan fingerprint density at radius 3 is 2.54 bits per heavy atom. The van der Waals surface area contributed by atoms with Crippen LogP contribution >= 0.6 is 0 Å². The van der Waals surface area contributed by atoms with Crippen molar-refractivity contribution < 1.29 is 17.9 Å². The van der Waals surface area contributed by atoms with Crippen molar-refractivity contribution in [3.8, 4) is 17.1 Å². The molecule has 0 radical (unpaired) electrons. The second-order valence-corrected chi connectivity index (χ2v) is 11.2. The maximum atomic E-state index is 11.8. The first-order chi connectivity index (χ1) is 16.8. The van der Waals surface area contributed by atoms with Gasteiger partial charge in [0.2, 0.25) is 21.8 Å². The molecular formula is C24H30N6O4S. The van der Waals surface area contributed by atoms with Crippen molar-refractivity contribution in [3.05, 3.63) is 42.2 Å². The lowest BCUT2D eigenvalue weighted by atomic mass is 10.1. The molecule has 35 heavy (non-hydrogen) atoms. The van der Waals surface area contributed by atoms with Crippen molar-refractivity contribution in [3.63, 3.8) is 0 Å². The highest BCUT2D eigenvalue weighted by atomic mass is 32.2. The molecule has 2 saturated heterocycles. The van der Waals surface area contributed by atoms with Crippen molar-refractivity contribution >= 4 is 27.1 Å². The van der Waals surface area contributed by atoms with E-state index >= 15 is 0 Å². The fourth-order valence-electron chi connectivity index (χ4n) is 4.67. The molecular weight excluding hydrogens is 468 g/mol. The number of nitrogens with one attached hydrogen (secondary N) is 1. The van der Waals surface area contributed by atoms with Gasteiger partial charge in [0.1, 0.15) is 5.52 Å². The fourth-order valence-corrected chi connectivity index (χ4v) is 5.50. The van der Waals surface area contributed by atoms with Gasteiger partial charge in [0.05, 0.1) is 31.0 Å². The van der Waals surface area contributed by atoms with E-state index in [-0.39, 0.29) is 5.91 Å². The summed E-state index contributed by atoms with van der Waals surface area (Å²) < 4.78 is 32.9. The molecule has 186 valence electrons. The van der Waals surface area contributed by atoms with Gasteiger partial charge in [0, 0.05) is 56.0 Å². The lowest BCUT2D eigenvalue weighted by Gasteiger charge is -2.34. The Morgan fingerprint density at radius 2 is 1.89 bits per heavy atom. The van der Waals surface area contributed by atoms with Crippen LogP contribution in [0.3, 0.4) is 0 Å². The Kier molecular flexibility index (Phi) is 6.37. The van der Waals surface area contributed by atoms with Crippen molar-refractivity contribution in [1.29, 1.82) is 0 Å². The maximum absolute atomic E-state index is 11.8. The predicted octanol–water partition coefficient (Wildman–Crippen LogP) is 1.69. The molecule has 1 N–H and O–H groups in total. The lowest BCUT2D eigenvalue weighted by Crippen LogP contribution is -2.48. The van der Waals surface area contributed by atoms with Gasteiger partial charge in [0.15, 0.2) is 0 Å². The average Bonchev–Trinajstić information content (AvgIpc) is 3.44. The number of fused-ring (bicyclic) bond motifs is 1. The predicted molar refractivity (Wildman–Crippen MR) is 133 cm³/mol. The van der Waals surface area contributed by atoms with Crippen LogP contribution in [0.25, 0.3) is 16.8 Å². The summed E-state index contributed by atoms with van der Waals surface area (Å²) in [5.74, 6) is 0.931. The van der Waals surface area contributed by atoms with Gasteiger partial charge < -0.3 is 15.0 Å². The maximum Gasteiger partial charge on any atom is 0.240 e. The molecule has 1 atom stereocenters.